The lowest BCUT2D eigenvalue weighted by atomic mass is 9.99. The molecular formula is C21H21ClN4O2. The van der Waals surface area contributed by atoms with E-state index in [0.717, 1.165) is 59.4 Å². The van der Waals surface area contributed by atoms with Crippen molar-refractivity contribution in [3.63, 3.8) is 0 Å². The first-order valence-electron chi connectivity index (χ1n) is 9.61. The highest BCUT2D eigenvalue weighted by Gasteiger charge is 2.33. The van der Waals surface area contributed by atoms with Gasteiger partial charge in [0.15, 0.2) is 6.10 Å². The molecule has 1 saturated heterocycles. The highest BCUT2D eigenvalue weighted by Crippen LogP contribution is 2.43. The summed E-state index contributed by atoms with van der Waals surface area (Å²) in [4.78, 5) is 20.3. The van der Waals surface area contributed by atoms with Crippen LogP contribution in [0.2, 0.25) is 5.02 Å². The Labute approximate surface area is 167 Å². The minimum Gasteiger partial charge on any atom is -0.479 e. The number of fused-ring (bicyclic) bond motifs is 2. The summed E-state index contributed by atoms with van der Waals surface area (Å²) in [6.45, 7) is 1.82. The Kier molecular flexibility index (Phi) is 4.45. The van der Waals surface area contributed by atoms with Crippen molar-refractivity contribution < 1.29 is 9.53 Å². The molecule has 2 aliphatic heterocycles. The van der Waals surface area contributed by atoms with Crippen molar-refractivity contribution in [2.24, 2.45) is 0 Å². The maximum absolute atomic E-state index is 12.8. The van der Waals surface area contributed by atoms with Gasteiger partial charge in [-0.15, -0.1) is 0 Å². The maximum atomic E-state index is 12.8. The Bertz CT molecular complexity index is 1040. The maximum Gasteiger partial charge on any atom is 0.261 e. The molecule has 2 aromatic heterocycles. The predicted molar refractivity (Wildman–Crippen MR) is 109 cm³/mol. The largest absolute Gasteiger partial charge is 0.479 e. The monoisotopic (exact) mass is 396 g/mol. The van der Waals surface area contributed by atoms with Crippen molar-refractivity contribution >= 4 is 28.5 Å². The third kappa shape index (κ3) is 3.12. The highest BCUT2D eigenvalue weighted by atomic mass is 35.5. The molecule has 2 atom stereocenters. The van der Waals surface area contributed by atoms with Gasteiger partial charge in [-0.1, -0.05) is 11.6 Å². The number of halogens is 1. The van der Waals surface area contributed by atoms with Crippen molar-refractivity contribution in [2.75, 3.05) is 13.1 Å². The normalized spacial score (nSPS) is 21.3. The number of pyridine rings is 1. The smallest absolute Gasteiger partial charge is 0.261 e. The Morgan fingerprint density at radius 1 is 1.29 bits per heavy atom. The summed E-state index contributed by atoms with van der Waals surface area (Å²) in [5.74, 6) is 0.675. The number of aromatic nitrogens is 2. The number of H-pyrrole nitrogens is 1. The number of ether oxygens (including phenoxy) is 1. The first-order valence-corrected chi connectivity index (χ1v) is 9.99. The van der Waals surface area contributed by atoms with Gasteiger partial charge < -0.3 is 20.4 Å². The van der Waals surface area contributed by atoms with Crippen LogP contribution in [0.5, 0.6) is 5.75 Å². The van der Waals surface area contributed by atoms with E-state index in [1.807, 2.05) is 30.5 Å². The molecule has 0 bridgehead atoms. The zero-order valence-electron chi connectivity index (χ0n) is 15.3. The van der Waals surface area contributed by atoms with E-state index >= 15 is 0 Å². The quantitative estimate of drug-likeness (QED) is 0.635. The number of benzene rings is 1. The van der Waals surface area contributed by atoms with Gasteiger partial charge in [0.25, 0.3) is 5.91 Å². The van der Waals surface area contributed by atoms with Crippen LogP contribution in [0.4, 0.5) is 0 Å². The number of amides is 1. The molecule has 1 aromatic carbocycles. The molecule has 28 heavy (non-hydrogen) atoms. The predicted octanol–water partition coefficient (Wildman–Crippen LogP) is 3.06. The number of carbonyl (C=O) groups is 1. The molecule has 1 amide bonds. The van der Waals surface area contributed by atoms with Gasteiger partial charge in [-0.25, -0.2) is 4.98 Å². The van der Waals surface area contributed by atoms with Crippen LogP contribution in [0, 0.1) is 0 Å². The second-order valence-electron chi connectivity index (χ2n) is 7.40. The molecule has 0 unspecified atom stereocenters. The molecule has 2 aliphatic rings. The fourth-order valence-electron chi connectivity index (χ4n) is 4.14. The molecule has 144 valence electrons. The lowest BCUT2D eigenvalue weighted by Crippen LogP contribution is -2.49. The summed E-state index contributed by atoms with van der Waals surface area (Å²) in [7, 11) is 0. The number of carbonyl (C=O) groups excluding carboxylic acids is 1. The Morgan fingerprint density at radius 2 is 2.21 bits per heavy atom. The Balaban J connectivity index is 1.45. The van der Waals surface area contributed by atoms with Crippen LogP contribution >= 0.6 is 11.6 Å². The molecule has 6 nitrogen and oxygen atoms in total. The molecule has 0 radical (unpaired) electrons. The summed E-state index contributed by atoms with van der Waals surface area (Å²) in [5, 5.41) is 8.07. The van der Waals surface area contributed by atoms with Crippen LogP contribution < -0.4 is 15.4 Å². The fourth-order valence-corrected chi connectivity index (χ4v) is 4.38. The van der Waals surface area contributed by atoms with Gasteiger partial charge >= 0.3 is 0 Å². The van der Waals surface area contributed by atoms with Gasteiger partial charge in [-0.2, -0.15) is 0 Å². The van der Waals surface area contributed by atoms with Gasteiger partial charge in [-0.3, -0.25) is 4.79 Å². The molecule has 0 saturated carbocycles. The van der Waals surface area contributed by atoms with E-state index in [1.165, 1.54) is 0 Å². The van der Waals surface area contributed by atoms with Gasteiger partial charge in [0.1, 0.15) is 11.4 Å². The fraction of sp³-hybridized carbons (Fsp3) is 0.333. The zero-order valence-corrected chi connectivity index (χ0v) is 16.1. The molecule has 7 heteroatoms. The minimum atomic E-state index is -0.530. The van der Waals surface area contributed by atoms with Crippen molar-refractivity contribution in [2.45, 2.75) is 31.4 Å². The summed E-state index contributed by atoms with van der Waals surface area (Å²) >= 11 is 6.40. The van der Waals surface area contributed by atoms with Crippen molar-refractivity contribution in [1.29, 1.82) is 0 Å². The van der Waals surface area contributed by atoms with Crippen LogP contribution in [0.1, 0.15) is 18.4 Å². The third-order valence-electron chi connectivity index (χ3n) is 5.48. The Morgan fingerprint density at radius 3 is 3.07 bits per heavy atom. The molecule has 3 aromatic rings. The number of nitrogens with zero attached hydrogens (tertiary/aromatic N) is 1. The topological polar surface area (TPSA) is 79.0 Å². The summed E-state index contributed by atoms with van der Waals surface area (Å²) in [5.41, 5.74) is 3.65. The van der Waals surface area contributed by atoms with Gasteiger partial charge in [0.05, 0.1) is 0 Å². The van der Waals surface area contributed by atoms with E-state index in [1.54, 1.807) is 6.20 Å². The van der Waals surface area contributed by atoms with Crippen LogP contribution in [0.25, 0.3) is 22.2 Å². The van der Waals surface area contributed by atoms with E-state index in [0.29, 0.717) is 11.4 Å². The van der Waals surface area contributed by atoms with Crippen molar-refractivity contribution in [3.8, 4) is 16.9 Å². The lowest BCUT2D eigenvalue weighted by molar-refractivity contribution is -0.128. The molecule has 0 aliphatic carbocycles. The van der Waals surface area contributed by atoms with Crippen LogP contribution in [-0.2, 0) is 11.2 Å². The molecule has 4 heterocycles. The van der Waals surface area contributed by atoms with E-state index < -0.39 is 6.10 Å². The SMILES string of the molecule is O=C(N[C@@H]1CCCNC1)[C@H]1Cc2cc(Cl)cc(-c3ccnc4[nH]ccc34)c2O1. The van der Waals surface area contributed by atoms with Crippen LogP contribution in [-0.4, -0.2) is 41.1 Å². The highest BCUT2D eigenvalue weighted by molar-refractivity contribution is 6.31. The molecule has 5 rings (SSSR count). The van der Waals surface area contributed by atoms with Crippen LogP contribution in [0.15, 0.2) is 36.7 Å². The summed E-state index contributed by atoms with van der Waals surface area (Å²) in [6, 6.07) is 7.89. The molecule has 3 N–H and O–H groups in total. The van der Waals surface area contributed by atoms with Gasteiger partial charge in [0, 0.05) is 52.9 Å². The summed E-state index contributed by atoms with van der Waals surface area (Å²) < 4.78 is 6.15. The number of rotatable bonds is 3. The van der Waals surface area contributed by atoms with Crippen molar-refractivity contribution in [3.05, 3.63) is 47.2 Å². The lowest BCUT2D eigenvalue weighted by Gasteiger charge is -2.25. The zero-order chi connectivity index (χ0) is 19.1. The number of hydrogen-bond donors (Lipinski definition) is 3. The number of aromatic amines is 1. The first kappa shape index (κ1) is 17.5. The average Bonchev–Trinajstić information content (AvgIpc) is 3.34. The summed E-state index contributed by atoms with van der Waals surface area (Å²) in [6.07, 6.45) is 5.69. The van der Waals surface area contributed by atoms with Gasteiger partial charge in [-0.05, 0) is 49.2 Å². The Hall–Kier alpha value is -2.57. The van der Waals surface area contributed by atoms with Crippen molar-refractivity contribution in [1.82, 2.24) is 20.6 Å². The molecule has 0 spiro atoms. The number of nitrogens with one attached hydrogen (secondary N) is 3. The van der Waals surface area contributed by atoms with E-state index in [9.17, 15) is 4.79 Å². The standard InChI is InChI=1S/C21H21ClN4O2/c22-13-8-12-9-18(21(27)26-14-2-1-5-23-11-14)28-19(12)17(10-13)15-3-6-24-20-16(15)4-7-25-20/h3-4,6-8,10,14,18,23H,1-2,5,9,11H2,(H,24,25)(H,26,27)/t14-,18-/m1/s1. The second-order valence-corrected chi connectivity index (χ2v) is 7.84. The third-order valence-corrected chi connectivity index (χ3v) is 5.70. The van der Waals surface area contributed by atoms with E-state index in [4.69, 9.17) is 16.3 Å². The number of hydrogen-bond acceptors (Lipinski definition) is 4. The van der Waals surface area contributed by atoms with E-state index in [2.05, 4.69) is 20.6 Å². The molecular weight excluding hydrogens is 376 g/mol. The first-order chi connectivity index (χ1) is 13.7. The molecule has 1 fully saturated rings. The number of piperidine rings is 1. The minimum absolute atomic E-state index is 0.0616. The van der Waals surface area contributed by atoms with E-state index in [-0.39, 0.29) is 11.9 Å². The van der Waals surface area contributed by atoms with Gasteiger partial charge in [0.2, 0.25) is 0 Å². The second kappa shape index (κ2) is 7.11. The van der Waals surface area contributed by atoms with Crippen LogP contribution in [0.3, 0.4) is 0 Å². The average molecular weight is 397 g/mol.